The zero-order valence-electron chi connectivity index (χ0n) is 13.4. The normalized spacial score (nSPS) is 13.0. The molecule has 6 nitrogen and oxygen atoms in total. The molecule has 1 aliphatic rings. The van der Waals surface area contributed by atoms with E-state index in [0.717, 1.165) is 10.9 Å². The van der Waals surface area contributed by atoms with Gasteiger partial charge in [0.1, 0.15) is 13.2 Å². The number of hydrogen-bond donors (Lipinski definition) is 1. The fourth-order valence-electron chi connectivity index (χ4n) is 2.81. The van der Waals surface area contributed by atoms with Gasteiger partial charge in [-0.25, -0.2) is 0 Å². The molecule has 4 rings (SSSR count). The minimum absolute atomic E-state index is 0.104. The fourth-order valence-corrected chi connectivity index (χ4v) is 3.06. The Morgan fingerprint density at radius 1 is 1.16 bits per heavy atom. The number of benzene rings is 2. The molecule has 0 spiro atoms. The lowest BCUT2D eigenvalue weighted by molar-refractivity contribution is -0.116. The van der Waals surface area contributed by atoms with Crippen molar-refractivity contribution in [2.24, 2.45) is 0 Å². The fraction of sp³-hybridized carbons (Fsp3) is 0.222. The average Bonchev–Trinajstić information content (AvgIpc) is 2.96. The van der Waals surface area contributed by atoms with Crippen molar-refractivity contribution >= 4 is 34.1 Å². The summed E-state index contributed by atoms with van der Waals surface area (Å²) < 4.78 is 12.7. The van der Waals surface area contributed by atoms with Crippen LogP contribution in [-0.2, 0) is 11.3 Å². The van der Waals surface area contributed by atoms with Gasteiger partial charge in [-0.2, -0.15) is 5.10 Å². The Bertz CT molecular complexity index is 938. The molecule has 0 saturated carbocycles. The maximum Gasteiger partial charge on any atom is 0.226 e. The molecule has 0 atom stereocenters. The number of halogens is 1. The van der Waals surface area contributed by atoms with E-state index in [1.807, 2.05) is 24.3 Å². The summed E-state index contributed by atoms with van der Waals surface area (Å²) in [6.07, 6.45) is 0.288. The first kappa shape index (κ1) is 15.8. The Kier molecular flexibility index (Phi) is 4.19. The number of para-hydroxylation sites is 1. The number of anilines is 1. The van der Waals surface area contributed by atoms with Gasteiger partial charge in [0.05, 0.1) is 12.1 Å². The van der Waals surface area contributed by atoms with E-state index >= 15 is 0 Å². The first-order chi connectivity index (χ1) is 12.2. The lowest BCUT2D eigenvalue weighted by Gasteiger charge is -2.19. The van der Waals surface area contributed by atoms with Crippen molar-refractivity contribution < 1.29 is 14.3 Å². The Labute approximate surface area is 149 Å². The molecule has 2 heterocycles. The molecule has 3 aromatic rings. The predicted octanol–water partition coefficient (Wildman–Crippen LogP) is 3.49. The molecule has 7 heteroatoms. The second-order valence-corrected chi connectivity index (χ2v) is 6.05. The molecule has 0 bridgehead atoms. The van der Waals surface area contributed by atoms with Crippen LogP contribution in [0.25, 0.3) is 10.9 Å². The molecule has 1 aliphatic heterocycles. The second kappa shape index (κ2) is 6.64. The largest absolute Gasteiger partial charge is 0.486 e. The highest BCUT2D eigenvalue weighted by Gasteiger charge is 2.13. The van der Waals surface area contributed by atoms with Crippen LogP contribution in [0, 0.1) is 0 Å². The van der Waals surface area contributed by atoms with Crippen molar-refractivity contribution in [1.29, 1.82) is 0 Å². The molecule has 1 N–H and O–H groups in total. The lowest BCUT2D eigenvalue weighted by atomic mass is 10.2. The molecule has 0 fully saturated rings. The van der Waals surface area contributed by atoms with Gasteiger partial charge in [-0.1, -0.05) is 23.7 Å². The molecule has 1 amide bonds. The number of nitrogens with zero attached hydrogens (tertiary/aromatic N) is 2. The van der Waals surface area contributed by atoms with Crippen LogP contribution in [0.4, 0.5) is 5.69 Å². The van der Waals surface area contributed by atoms with Crippen LogP contribution in [0.15, 0.2) is 42.5 Å². The van der Waals surface area contributed by atoms with Gasteiger partial charge in [0.2, 0.25) is 5.91 Å². The zero-order chi connectivity index (χ0) is 17.2. The molecule has 0 saturated heterocycles. The minimum Gasteiger partial charge on any atom is -0.486 e. The number of rotatable bonds is 4. The van der Waals surface area contributed by atoms with Crippen molar-refractivity contribution in [1.82, 2.24) is 9.78 Å². The van der Waals surface area contributed by atoms with Crippen molar-refractivity contribution in [2.75, 3.05) is 18.5 Å². The van der Waals surface area contributed by atoms with Gasteiger partial charge in [-0.15, -0.1) is 0 Å². The zero-order valence-corrected chi connectivity index (χ0v) is 14.1. The summed E-state index contributed by atoms with van der Waals surface area (Å²) in [6.45, 7) is 1.50. The Hall–Kier alpha value is -2.73. The second-order valence-electron chi connectivity index (χ2n) is 5.69. The average molecular weight is 358 g/mol. The summed E-state index contributed by atoms with van der Waals surface area (Å²) >= 11 is 6.13. The van der Waals surface area contributed by atoms with Gasteiger partial charge in [0.25, 0.3) is 0 Å². The van der Waals surface area contributed by atoms with Gasteiger partial charge >= 0.3 is 0 Å². The summed E-state index contributed by atoms with van der Waals surface area (Å²) in [4.78, 5) is 12.2. The number of amides is 1. The highest BCUT2D eigenvalue weighted by atomic mass is 35.5. The van der Waals surface area contributed by atoms with E-state index < -0.39 is 0 Å². The third kappa shape index (κ3) is 3.25. The number of hydrogen-bond acceptors (Lipinski definition) is 4. The van der Waals surface area contributed by atoms with E-state index in [1.165, 1.54) is 0 Å². The maximum absolute atomic E-state index is 12.2. The van der Waals surface area contributed by atoms with Crippen LogP contribution in [0.3, 0.4) is 0 Å². The monoisotopic (exact) mass is 357 g/mol. The van der Waals surface area contributed by atoms with E-state index in [2.05, 4.69) is 10.4 Å². The summed E-state index contributed by atoms with van der Waals surface area (Å²) in [5.41, 5.74) is 1.59. The SMILES string of the molecule is O=C(CCn1nc(Cl)c2ccccc21)Nc1ccc2c(c1)OCCO2. The Morgan fingerprint density at radius 2 is 1.96 bits per heavy atom. The van der Waals surface area contributed by atoms with E-state index in [4.69, 9.17) is 21.1 Å². The van der Waals surface area contributed by atoms with Crippen molar-refractivity contribution in [3.63, 3.8) is 0 Å². The third-order valence-corrected chi connectivity index (χ3v) is 4.27. The van der Waals surface area contributed by atoms with Gasteiger partial charge in [-0.05, 0) is 24.3 Å². The van der Waals surface area contributed by atoms with Crippen LogP contribution < -0.4 is 14.8 Å². The van der Waals surface area contributed by atoms with Gasteiger partial charge in [-0.3, -0.25) is 9.48 Å². The first-order valence-electron chi connectivity index (χ1n) is 8.01. The van der Waals surface area contributed by atoms with Crippen LogP contribution in [0.1, 0.15) is 6.42 Å². The van der Waals surface area contributed by atoms with E-state index in [9.17, 15) is 4.79 Å². The van der Waals surface area contributed by atoms with Crippen molar-refractivity contribution in [2.45, 2.75) is 13.0 Å². The van der Waals surface area contributed by atoms with Crippen LogP contribution in [-0.4, -0.2) is 28.9 Å². The van der Waals surface area contributed by atoms with Gasteiger partial charge < -0.3 is 14.8 Å². The quantitative estimate of drug-likeness (QED) is 0.776. The summed E-state index contributed by atoms with van der Waals surface area (Å²) in [5.74, 6) is 1.24. The number of aryl methyl sites for hydroxylation is 1. The molecule has 0 unspecified atom stereocenters. The van der Waals surface area contributed by atoms with E-state index in [1.54, 1.807) is 22.9 Å². The number of carbonyl (C=O) groups is 1. The number of nitrogens with one attached hydrogen (secondary N) is 1. The maximum atomic E-state index is 12.2. The highest BCUT2D eigenvalue weighted by molar-refractivity contribution is 6.34. The van der Waals surface area contributed by atoms with Crippen molar-refractivity contribution in [3.8, 4) is 11.5 Å². The van der Waals surface area contributed by atoms with Crippen LogP contribution in [0.2, 0.25) is 5.15 Å². The van der Waals surface area contributed by atoms with Crippen LogP contribution in [0.5, 0.6) is 11.5 Å². The molecule has 0 aliphatic carbocycles. The lowest BCUT2D eigenvalue weighted by Crippen LogP contribution is -2.17. The van der Waals surface area contributed by atoms with Gasteiger partial charge in [0, 0.05) is 23.6 Å². The number of carbonyl (C=O) groups excluding carboxylic acids is 1. The standard InChI is InChI=1S/C18H16ClN3O3/c19-18-13-3-1-2-4-14(13)22(21-18)8-7-17(23)20-12-5-6-15-16(11-12)25-10-9-24-15/h1-6,11H,7-10H2,(H,20,23). The summed E-state index contributed by atoms with van der Waals surface area (Å²) in [7, 11) is 0. The summed E-state index contributed by atoms with van der Waals surface area (Å²) in [6, 6.07) is 13.0. The molecule has 1 aromatic heterocycles. The first-order valence-corrected chi connectivity index (χ1v) is 8.39. The molecular weight excluding hydrogens is 342 g/mol. The number of aromatic nitrogens is 2. The van der Waals surface area contributed by atoms with Crippen molar-refractivity contribution in [3.05, 3.63) is 47.6 Å². The Balaban J connectivity index is 1.42. The molecule has 25 heavy (non-hydrogen) atoms. The highest BCUT2D eigenvalue weighted by Crippen LogP contribution is 2.32. The molecule has 0 radical (unpaired) electrons. The predicted molar refractivity (Wildman–Crippen MR) is 95.4 cm³/mol. The molecule has 128 valence electrons. The van der Waals surface area contributed by atoms with E-state index in [0.29, 0.717) is 42.1 Å². The number of fused-ring (bicyclic) bond motifs is 2. The molecular formula is C18H16ClN3O3. The van der Waals surface area contributed by atoms with E-state index in [-0.39, 0.29) is 12.3 Å². The topological polar surface area (TPSA) is 65.4 Å². The Morgan fingerprint density at radius 3 is 2.84 bits per heavy atom. The summed E-state index contributed by atoms with van der Waals surface area (Å²) in [5, 5.41) is 8.49. The minimum atomic E-state index is -0.104. The molecule has 2 aromatic carbocycles. The van der Waals surface area contributed by atoms with Gasteiger partial charge in [0.15, 0.2) is 16.7 Å². The third-order valence-electron chi connectivity index (χ3n) is 3.99. The van der Waals surface area contributed by atoms with Crippen LogP contribution >= 0.6 is 11.6 Å². The number of ether oxygens (including phenoxy) is 2. The smallest absolute Gasteiger partial charge is 0.226 e.